The predicted molar refractivity (Wildman–Crippen MR) is 98.8 cm³/mol. The van der Waals surface area contributed by atoms with Crippen molar-refractivity contribution in [1.82, 2.24) is 4.90 Å². The van der Waals surface area contributed by atoms with Crippen LogP contribution in [0.2, 0.25) is 0 Å². The van der Waals surface area contributed by atoms with E-state index in [1.54, 1.807) is 11.3 Å². The van der Waals surface area contributed by atoms with Crippen molar-refractivity contribution in [3.05, 3.63) is 45.1 Å². The minimum Gasteiger partial charge on any atom is -0.486 e. The lowest BCUT2D eigenvalue weighted by Gasteiger charge is -2.26. The van der Waals surface area contributed by atoms with Gasteiger partial charge in [0.05, 0.1) is 5.56 Å². The van der Waals surface area contributed by atoms with Crippen LogP contribution < -0.4 is 9.47 Å². The van der Waals surface area contributed by atoms with E-state index in [-0.39, 0.29) is 5.91 Å². The molecule has 0 unspecified atom stereocenters. The number of aryl methyl sites for hydroxylation is 1. The molecule has 5 heteroatoms. The average Bonchev–Trinajstić information content (AvgIpc) is 3.10. The second-order valence-electron chi connectivity index (χ2n) is 6.52. The number of benzene rings is 1. The van der Waals surface area contributed by atoms with E-state index in [9.17, 15) is 4.79 Å². The van der Waals surface area contributed by atoms with E-state index < -0.39 is 0 Å². The van der Waals surface area contributed by atoms with Gasteiger partial charge in [0, 0.05) is 28.9 Å². The van der Waals surface area contributed by atoms with Crippen LogP contribution in [0.5, 0.6) is 11.5 Å². The van der Waals surface area contributed by atoms with Crippen molar-refractivity contribution in [2.45, 2.75) is 39.2 Å². The first-order valence-electron chi connectivity index (χ1n) is 9.04. The van der Waals surface area contributed by atoms with Crippen LogP contribution in [0.15, 0.2) is 23.6 Å². The number of carbonyl (C=O) groups is 1. The maximum atomic E-state index is 13.1. The molecule has 2 aliphatic rings. The van der Waals surface area contributed by atoms with Crippen LogP contribution in [0.3, 0.4) is 0 Å². The van der Waals surface area contributed by atoms with Crippen LogP contribution >= 0.6 is 11.3 Å². The number of hydrogen-bond donors (Lipinski definition) is 0. The smallest absolute Gasteiger partial charge is 0.255 e. The second kappa shape index (κ2) is 7.08. The standard InChI is InChI=1S/C20H23NO3S/c1-2-21(12-14-6-5-8-17-19(14)24-11-10-23-17)20(22)16-13-25-18-9-4-3-7-15(16)18/h5-6,8,13H,2-4,7,9-12H2,1H3. The van der Waals surface area contributed by atoms with Gasteiger partial charge >= 0.3 is 0 Å². The van der Waals surface area contributed by atoms with E-state index >= 15 is 0 Å². The number of amides is 1. The highest BCUT2D eigenvalue weighted by Crippen LogP contribution is 2.35. The van der Waals surface area contributed by atoms with Gasteiger partial charge in [-0.1, -0.05) is 12.1 Å². The van der Waals surface area contributed by atoms with Gasteiger partial charge < -0.3 is 14.4 Å². The minimum absolute atomic E-state index is 0.135. The van der Waals surface area contributed by atoms with Crippen LogP contribution in [0.4, 0.5) is 0 Å². The highest BCUT2D eigenvalue weighted by atomic mass is 32.1. The Kier molecular flexibility index (Phi) is 4.66. The first-order chi connectivity index (χ1) is 12.3. The van der Waals surface area contributed by atoms with E-state index in [2.05, 4.69) is 5.38 Å². The maximum Gasteiger partial charge on any atom is 0.255 e. The molecule has 0 atom stereocenters. The first kappa shape index (κ1) is 16.5. The Morgan fingerprint density at radius 3 is 2.92 bits per heavy atom. The number of fused-ring (bicyclic) bond motifs is 2. The molecule has 1 aliphatic carbocycles. The number of rotatable bonds is 4. The van der Waals surface area contributed by atoms with Crippen LogP contribution in [-0.4, -0.2) is 30.6 Å². The Morgan fingerprint density at radius 2 is 2.04 bits per heavy atom. The summed E-state index contributed by atoms with van der Waals surface area (Å²) >= 11 is 1.75. The average molecular weight is 357 g/mol. The normalized spacial score (nSPS) is 15.6. The van der Waals surface area contributed by atoms with Gasteiger partial charge in [-0.05, 0) is 44.2 Å². The Labute approximate surface area is 152 Å². The van der Waals surface area contributed by atoms with Gasteiger partial charge in [0.1, 0.15) is 13.2 Å². The summed E-state index contributed by atoms with van der Waals surface area (Å²) in [7, 11) is 0. The van der Waals surface area contributed by atoms with E-state index in [1.165, 1.54) is 23.3 Å². The third-order valence-electron chi connectivity index (χ3n) is 4.97. The summed E-state index contributed by atoms with van der Waals surface area (Å²) in [6.45, 7) is 4.39. The lowest BCUT2D eigenvalue weighted by Crippen LogP contribution is -2.31. The van der Waals surface area contributed by atoms with Gasteiger partial charge in [0.25, 0.3) is 5.91 Å². The molecule has 0 saturated heterocycles. The van der Waals surface area contributed by atoms with Crippen molar-refractivity contribution in [3.63, 3.8) is 0 Å². The van der Waals surface area contributed by atoms with Crippen LogP contribution in [0.1, 0.15) is 46.1 Å². The lowest BCUT2D eigenvalue weighted by atomic mass is 9.95. The number of ether oxygens (including phenoxy) is 2. The van der Waals surface area contributed by atoms with Gasteiger partial charge in [0.15, 0.2) is 11.5 Å². The molecule has 4 rings (SSSR count). The molecule has 0 spiro atoms. The largest absolute Gasteiger partial charge is 0.486 e. The lowest BCUT2D eigenvalue weighted by molar-refractivity contribution is 0.0748. The highest BCUT2D eigenvalue weighted by Gasteiger charge is 2.25. The number of para-hydroxylation sites is 1. The third-order valence-corrected chi connectivity index (χ3v) is 6.06. The molecule has 2 heterocycles. The fourth-order valence-corrected chi connectivity index (χ4v) is 4.75. The predicted octanol–water partition coefficient (Wildman–Crippen LogP) is 4.06. The van der Waals surface area contributed by atoms with Gasteiger partial charge in [-0.2, -0.15) is 0 Å². The van der Waals surface area contributed by atoms with Gasteiger partial charge in [0.2, 0.25) is 0 Å². The van der Waals surface area contributed by atoms with E-state index in [1.807, 2.05) is 30.0 Å². The number of hydrogen-bond acceptors (Lipinski definition) is 4. The van der Waals surface area contributed by atoms with Crippen molar-refractivity contribution in [2.75, 3.05) is 19.8 Å². The van der Waals surface area contributed by atoms with Crippen molar-refractivity contribution < 1.29 is 14.3 Å². The van der Waals surface area contributed by atoms with E-state index in [4.69, 9.17) is 9.47 Å². The van der Waals surface area contributed by atoms with E-state index in [0.717, 1.165) is 35.5 Å². The highest BCUT2D eigenvalue weighted by molar-refractivity contribution is 7.10. The third kappa shape index (κ3) is 3.13. The summed E-state index contributed by atoms with van der Waals surface area (Å²) in [5.74, 6) is 1.70. The molecule has 0 radical (unpaired) electrons. The van der Waals surface area contributed by atoms with Crippen molar-refractivity contribution in [2.24, 2.45) is 0 Å². The molecule has 0 N–H and O–H groups in total. The molecule has 1 amide bonds. The Bertz CT molecular complexity index is 783. The molecule has 1 aromatic carbocycles. The van der Waals surface area contributed by atoms with Crippen LogP contribution in [0.25, 0.3) is 0 Å². The van der Waals surface area contributed by atoms with Crippen molar-refractivity contribution in [3.8, 4) is 11.5 Å². The van der Waals surface area contributed by atoms with Gasteiger partial charge in [-0.15, -0.1) is 11.3 Å². The number of nitrogens with zero attached hydrogens (tertiary/aromatic N) is 1. The first-order valence-corrected chi connectivity index (χ1v) is 9.92. The molecule has 4 nitrogen and oxygen atoms in total. The van der Waals surface area contributed by atoms with Crippen LogP contribution in [-0.2, 0) is 19.4 Å². The summed E-state index contributed by atoms with van der Waals surface area (Å²) in [6.07, 6.45) is 4.59. The van der Waals surface area contributed by atoms with Gasteiger partial charge in [-0.3, -0.25) is 4.79 Å². The summed E-state index contributed by atoms with van der Waals surface area (Å²) in [4.78, 5) is 16.5. The second-order valence-corrected chi connectivity index (χ2v) is 7.48. The Balaban J connectivity index is 1.59. The zero-order chi connectivity index (χ0) is 17.2. The molecule has 0 fully saturated rings. The molecule has 25 heavy (non-hydrogen) atoms. The fourth-order valence-electron chi connectivity index (χ4n) is 3.64. The molecular weight excluding hydrogens is 334 g/mol. The molecule has 0 bridgehead atoms. The Morgan fingerprint density at radius 1 is 1.20 bits per heavy atom. The van der Waals surface area contributed by atoms with E-state index in [0.29, 0.717) is 26.3 Å². The summed E-state index contributed by atoms with van der Waals surface area (Å²) in [6, 6.07) is 5.91. The SMILES string of the molecule is CCN(Cc1cccc2c1OCCO2)C(=O)c1csc2c1CCCC2. The summed E-state index contributed by atoms with van der Waals surface area (Å²) in [5, 5.41) is 2.06. The molecule has 1 aliphatic heterocycles. The summed E-state index contributed by atoms with van der Waals surface area (Å²) < 4.78 is 11.5. The molecule has 0 saturated carbocycles. The maximum absolute atomic E-state index is 13.1. The minimum atomic E-state index is 0.135. The molecule has 132 valence electrons. The van der Waals surface area contributed by atoms with Crippen molar-refractivity contribution >= 4 is 17.2 Å². The molecular formula is C20H23NO3S. The van der Waals surface area contributed by atoms with Crippen molar-refractivity contribution in [1.29, 1.82) is 0 Å². The Hall–Kier alpha value is -2.01. The number of thiophene rings is 1. The molecule has 2 aromatic rings. The molecule has 1 aromatic heterocycles. The number of carbonyl (C=O) groups excluding carboxylic acids is 1. The monoisotopic (exact) mass is 357 g/mol. The summed E-state index contributed by atoms with van der Waals surface area (Å²) in [5.41, 5.74) is 3.20. The fraction of sp³-hybridized carbons (Fsp3) is 0.450. The van der Waals surface area contributed by atoms with Gasteiger partial charge in [-0.25, -0.2) is 0 Å². The zero-order valence-electron chi connectivity index (χ0n) is 14.5. The quantitative estimate of drug-likeness (QED) is 0.828. The topological polar surface area (TPSA) is 38.8 Å². The zero-order valence-corrected chi connectivity index (χ0v) is 15.4. The van der Waals surface area contributed by atoms with Crippen LogP contribution in [0, 0.1) is 0 Å².